The summed E-state index contributed by atoms with van der Waals surface area (Å²) in [4.78, 5) is 29.2. The number of nitrogens with zero attached hydrogens (tertiary/aromatic N) is 5. The summed E-state index contributed by atoms with van der Waals surface area (Å²) in [7, 11) is 3.46. The van der Waals surface area contributed by atoms with Crippen LogP contribution in [-0.2, 0) is 0 Å². The predicted molar refractivity (Wildman–Crippen MR) is 129 cm³/mol. The van der Waals surface area contributed by atoms with Crippen molar-refractivity contribution in [2.75, 3.05) is 20.8 Å². The van der Waals surface area contributed by atoms with Crippen LogP contribution in [0.5, 0.6) is 11.6 Å². The predicted octanol–water partition coefficient (Wildman–Crippen LogP) is 3.78. The average molecular weight is 497 g/mol. The molecule has 3 aromatic rings. The topological polar surface area (TPSA) is 81.8 Å². The normalized spacial score (nSPS) is 19.2. The van der Waals surface area contributed by atoms with E-state index in [9.17, 15) is 18.0 Å². The fourth-order valence-corrected chi connectivity index (χ4v) is 4.24. The van der Waals surface area contributed by atoms with Crippen molar-refractivity contribution in [2.24, 2.45) is 4.99 Å². The van der Waals surface area contributed by atoms with E-state index in [-0.39, 0.29) is 29.3 Å². The first-order chi connectivity index (χ1) is 17.1. The van der Waals surface area contributed by atoms with Crippen LogP contribution >= 0.6 is 0 Å². The van der Waals surface area contributed by atoms with E-state index in [1.165, 1.54) is 23.8 Å². The molecule has 0 saturated heterocycles. The zero-order valence-corrected chi connectivity index (χ0v) is 19.7. The molecule has 1 aliphatic heterocycles. The molecule has 1 aliphatic carbocycles. The monoisotopic (exact) mass is 497 g/mol. The summed E-state index contributed by atoms with van der Waals surface area (Å²) in [5.41, 5.74) is 1.19. The zero-order valence-electron chi connectivity index (χ0n) is 19.7. The van der Waals surface area contributed by atoms with Crippen LogP contribution in [0.3, 0.4) is 0 Å². The molecule has 11 heteroatoms. The Morgan fingerprint density at radius 2 is 1.83 bits per heavy atom. The van der Waals surface area contributed by atoms with Gasteiger partial charge in [0.05, 0.1) is 30.7 Å². The van der Waals surface area contributed by atoms with Gasteiger partial charge in [0, 0.05) is 18.7 Å². The van der Waals surface area contributed by atoms with E-state index < -0.39 is 18.3 Å². The maximum atomic E-state index is 13.8. The first-order valence-electron chi connectivity index (χ1n) is 11.1. The molecule has 0 radical (unpaired) electrons. The Hall–Kier alpha value is -4.15. The summed E-state index contributed by atoms with van der Waals surface area (Å²) in [6.45, 7) is 0.424. The summed E-state index contributed by atoms with van der Waals surface area (Å²) in [5, 5.41) is 0. The quantitative estimate of drug-likeness (QED) is 0.534. The number of hydrogen-bond acceptors (Lipinski definition) is 7. The van der Waals surface area contributed by atoms with Crippen LogP contribution in [0.15, 0.2) is 64.4 Å². The maximum absolute atomic E-state index is 13.8. The van der Waals surface area contributed by atoms with Crippen molar-refractivity contribution in [3.63, 3.8) is 0 Å². The number of ether oxygens (including phenoxy) is 2. The van der Waals surface area contributed by atoms with Gasteiger partial charge in [-0.3, -0.25) is 14.4 Å². The number of pyridine rings is 1. The minimum absolute atomic E-state index is 0.0435. The van der Waals surface area contributed by atoms with Crippen LogP contribution in [0.4, 0.5) is 13.2 Å². The second-order valence-corrected chi connectivity index (χ2v) is 8.44. The number of allylic oxidation sites excluding steroid dienone is 2. The number of methoxy groups -OCH3 is 1. The van der Waals surface area contributed by atoms with Gasteiger partial charge in [0.15, 0.2) is 12.3 Å². The summed E-state index contributed by atoms with van der Waals surface area (Å²) < 4.78 is 49.4. The minimum atomic E-state index is -4.53. The highest BCUT2D eigenvalue weighted by molar-refractivity contribution is 5.85. The number of amidine groups is 1. The molecular formula is C25H22F3N5O3. The third-order valence-corrected chi connectivity index (χ3v) is 6.13. The lowest BCUT2D eigenvalue weighted by Gasteiger charge is -2.25. The van der Waals surface area contributed by atoms with E-state index in [0.717, 1.165) is 5.84 Å². The van der Waals surface area contributed by atoms with Gasteiger partial charge in [-0.2, -0.15) is 18.2 Å². The van der Waals surface area contributed by atoms with Crippen LogP contribution in [-0.4, -0.2) is 64.3 Å². The SMILES string of the molecule is COc1ccc(-n2c(=O)c(C3=CC4C(C=C3)N=C(C)N4C)nc3ccc(OCC(F)(F)F)nc32)cc1. The number of rotatable bonds is 5. The molecule has 3 heterocycles. The third kappa shape index (κ3) is 4.32. The first-order valence-corrected chi connectivity index (χ1v) is 11.1. The molecule has 0 saturated carbocycles. The fourth-order valence-electron chi connectivity index (χ4n) is 4.24. The van der Waals surface area contributed by atoms with Gasteiger partial charge in [0.25, 0.3) is 5.56 Å². The Balaban J connectivity index is 1.66. The van der Waals surface area contributed by atoms with E-state index in [0.29, 0.717) is 22.5 Å². The van der Waals surface area contributed by atoms with E-state index in [1.54, 1.807) is 24.3 Å². The molecule has 8 nitrogen and oxygen atoms in total. The Bertz CT molecular complexity index is 1480. The molecule has 0 spiro atoms. The van der Waals surface area contributed by atoms with E-state index in [2.05, 4.69) is 15.0 Å². The number of aliphatic imine (C=N–C) groups is 1. The Morgan fingerprint density at radius 1 is 1.08 bits per heavy atom. The molecule has 1 aromatic carbocycles. The lowest BCUT2D eigenvalue weighted by molar-refractivity contribution is -0.154. The largest absolute Gasteiger partial charge is 0.497 e. The lowest BCUT2D eigenvalue weighted by Crippen LogP contribution is -2.35. The third-order valence-electron chi connectivity index (χ3n) is 6.13. The summed E-state index contributed by atoms with van der Waals surface area (Å²) in [6.07, 6.45) is 1.18. The van der Waals surface area contributed by atoms with Crippen molar-refractivity contribution in [1.82, 2.24) is 19.4 Å². The molecule has 2 atom stereocenters. The Kier molecular flexibility index (Phi) is 5.77. The highest BCUT2D eigenvalue weighted by Gasteiger charge is 2.32. The van der Waals surface area contributed by atoms with Crippen molar-refractivity contribution >= 4 is 22.6 Å². The van der Waals surface area contributed by atoms with Gasteiger partial charge in [-0.1, -0.05) is 18.2 Å². The van der Waals surface area contributed by atoms with Crippen molar-refractivity contribution in [3.05, 3.63) is 70.7 Å². The van der Waals surface area contributed by atoms with Gasteiger partial charge in [-0.05, 0) is 37.3 Å². The molecule has 5 rings (SSSR count). The van der Waals surface area contributed by atoms with Gasteiger partial charge in [-0.15, -0.1) is 0 Å². The van der Waals surface area contributed by atoms with E-state index in [4.69, 9.17) is 9.47 Å². The van der Waals surface area contributed by atoms with Gasteiger partial charge >= 0.3 is 6.18 Å². The van der Waals surface area contributed by atoms with Crippen LogP contribution in [0.2, 0.25) is 0 Å². The number of benzene rings is 1. The van der Waals surface area contributed by atoms with Crippen LogP contribution < -0.4 is 15.0 Å². The Morgan fingerprint density at radius 3 is 2.53 bits per heavy atom. The lowest BCUT2D eigenvalue weighted by atomic mass is 9.96. The number of halogens is 3. The first kappa shape index (κ1) is 23.6. The molecule has 0 N–H and O–H groups in total. The fraction of sp³-hybridized carbons (Fsp3) is 0.280. The van der Waals surface area contributed by atoms with Crippen LogP contribution in [0.25, 0.3) is 22.4 Å². The van der Waals surface area contributed by atoms with Gasteiger partial charge in [-0.25, -0.2) is 4.98 Å². The highest BCUT2D eigenvalue weighted by atomic mass is 19.4. The molecule has 186 valence electrons. The molecule has 2 unspecified atom stereocenters. The van der Waals surface area contributed by atoms with Gasteiger partial charge in [0.1, 0.15) is 17.0 Å². The van der Waals surface area contributed by atoms with Gasteiger partial charge < -0.3 is 14.4 Å². The van der Waals surface area contributed by atoms with E-state index >= 15 is 0 Å². The Labute approximate surface area is 204 Å². The van der Waals surface area contributed by atoms with Crippen LogP contribution in [0.1, 0.15) is 12.6 Å². The maximum Gasteiger partial charge on any atom is 0.422 e. The number of fused-ring (bicyclic) bond motifs is 2. The smallest absolute Gasteiger partial charge is 0.422 e. The van der Waals surface area contributed by atoms with Crippen molar-refractivity contribution in [1.29, 1.82) is 0 Å². The molecular weight excluding hydrogens is 475 g/mol. The molecule has 2 aliphatic rings. The van der Waals surface area contributed by atoms with Crippen LogP contribution in [0, 0.1) is 0 Å². The molecule has 0 amide bonds. The molecule has 0 bridgehead atoms. The molecule has 36 heavy (non-hydrogen) atoms. The number of aromatic nitrogens is 3. The second-order valence-electron chi connectivity index (χ2n) is 8.44. The van der Waals surface area contributed by atoms with Crippen molar-refractivity contribution in [2.45, 2.75) is 25.2 Å². The van der Waals surface area contributed by atoms with Crippen molar-refractivity contribution < 1.29 is 22.6 Å². The zero-order chi connectivity index (χ0) is 25.6. The summed E-state index contributed by atoms with van der Waals surface area (Å²) in [5.74, 6) is 1.21. The number of hydrogen-bond donors (Lipinski definition) is 0. The van der Waals surface area contributed by atoms with Gasteiger partial charge in [0.2, 0.25) is 5.88 Å². The highest BCUT2D eigenvalue weighted by Crippen LogP contribution is 2.29. The van der Waals surface area contributed by atoms with Crippen molar-refractivity contribution in [3.8, 4) is 17.3 Å². The van der Waals surface area contributed by atoms with E-state index in [1.807, 2.05) is 37.1 Å². The molecule has 0 fully saturated rings. The second kappa shape index (κ2) is 8.81. The standard InChI is InChI=1S/C25H22F3N5O3/c1-14-29-18-9-4-15(12-20(18)32(14)2)22-24(34)33(16-5-7-17(35-3)8-6-16)23-19(30-22)10-11-21(31-23)36-13-25(26,27)28/h4-12,18,20H,13H2,1-3H3. The average Bonchev–Trinajstić information content (AvgIpc) is 3.14. The minimum Gasteiger partial charge on any atom is -0.497 e. The number of likely N-dealkylation sites (N-methyl/N-ethyl adjacent to an activating group) is 1. The summed E-state index contributed by atoms with van der Waals surface area (Å²) in [6, 6.07) is 9.38. The molecule has 2 aromatic heterocycles. The summed E-state index contributed by atoms with van der Waals surface area (Å²) >= 11 is 0. The number of alkyl halides is 3.